The molecule has 1 N–H and O–H groups in total. The van der Waals surface area contributed by atoms with E-state index in [0.717, 1.165) is 6.42 Å². The molecular weight excluding hydrogens is 260 g/mol. The number of likely N-dealkylation sites (tertiary alicyclic amines) is 1. The van der Waals surface area contributed by atoms with E-state index in [1.807, 2.05) is 6.92 Å². The fourth-order valence-corrected chi connectivity index (χ4v) is 2.82. The molecule has 0 unspecified atom stereocenters. The van der Waals surface area contributed by atoms with E-state index in [0.29, 0.717) is 43.8 Å². The minimum Gasteiger partial charge on any atom is -0.481 e. The number of rotatable bonds is 4. The fraction of sp³-hybridized carbons (Fsp3) is 0.643. The number of hydrogen-bond donors (Lipinski definition) is 1. The summed E-state index contributed by atoms with van der Waals surface area (Å²) in [5.74, 6) is -0.336. The van der Waals surface area contributed by atoms with E-state index >= 15 is 0 Å². The Morgan fingerprint density at radius 1 is 1.45 bits per heavy atom. The van der Waals surface area contributed by atoms with Gasteiger partial charge in [0.2, 0.25) is 0 Å². The van der Waals surface area contributed by atoms with Crippen LogP contribution in [0.1, 0.15) is 48.9 Å². The van der Waals surface area contributed by atoms with Crippen molar-refractivity contribution in [1.82, 2.24) is 10.1 Å². The smallest absolute Gasteiger partial charge is 0.309 e. The molecule has 0 spiro atoms. The first-order valence-corrected chi connectivity index (χ1v) is 6.94. The number of aromatic nitrogens is 1. The Morgan fingerprint density at radius 2 is 2.10 bits per heavy atom. The Bertz CT molecular complexity index is 501. The number of carboxylic acid groups (broad SMARTS) is 1. The average molecular weight is 280 g/mol. The Labute approximate surface area is 117 Å². The van der Waals surface area contributed by atoms with E-state index in [1.54, 1.807) is 17.9 Å². The lowest BCUT2D eigenvalue weighted by Gasteiger charge is -2.38. The number of carbonyl (C=O) groups is 2. The number of aliphatic carboxylic acids is 1. The SMILES string of the molecule is CCCC1(C(=O)O)CCN(C(=O)c2cc(C)on2)CC1. The van der Waals surface area contributed by atoms with Crippen LogP contribution in [0, 0.1) is 12.3 Å². The van der Waals surface area contributed by atoms with Gasteiger partial charge in [-0.15, -0.1) is 0 Å². The average Bonchev–Trinajstić information content (AvgIpc) is 2.85. The predicted octanol–water partition coefficient (Wildman–Crippen LogP) is 2.09. The highest BCUT2D eigenvalue weighted by molar-refractivity contribution is 5.92. The first kappa shape index (κ1) is 14.6. The van der Waals surface area contributed by atoms with Crippen molar-refractivity contribution < 1.29 is 19.2 Å². The summed E-state index contributed by atoms with van der Waals surface area (Å²) in [6.07, 6.45) is 2.49. The summed E-state index contributed by atoms with van der Waals surface area (Å²) in [7, 11) is 0. The molecule has 6 heteroatoms. The molecule has 1 amide bonds. The molecular formula is C14H20N2O4. The van der Waals surface area contributed by atoms with Crippen molar-refractivity contribution in [3.63, 3.8) is 0 Å². The highest BCUT2D eigenvalue weighted by Crippen LogP contribution is 2.36. The molecule has 0 atom stereocenters. The summed E-state index contributed by atoms with van der Waals surface area (Å²) in [5, 5.41) is 13.2. The lowest BCUT2D eigenvalue weighted by molar-refractivity contribution is -0.152. The normalized spacial score (nSPS) is 18.0. The minimum absolute atomic E-state index is 0.183. The highest BCUT2D eigenvalue weighted by atomic mass is 16.5. The lowest BCUT2D eigenvalue weighted by atomic mass is 9.75. The van der Waals surface area contributed by atoms with Crippen LogP contribution in [-0.2, 0) is 4.79 Å². The molecule has 1 aliphatic rings. The van der Waals surface area contributed by atoms with Gasteiger partial charge in [0, 0.05) is 19.2 Å². The molecule has 1 aromatic rings. The zero-order valence-electron chi connectivity index (χ0n) is 11.9. The topological polar surface area (TPSA) is 83.6 Å². The van der Waals surface area contributed by atoms with Crippen molar-refractivity contribution in [2.45, 2.75) is 39.5 Å². The van der Waals surface area contributed by atoms with Crippen LogP contribution >= 0.6 is 0 Å². The standard InChI is InChI=1S/C14H20N2O4/c1-3-4-14(13(18)19)5-7-16(8-6-14)12(17)11-9-10(2)20-15-11/h9H,3-8H2,1-2H3,(H,18,19). The predicted molar refractivity (Wildman–Crippen MR) is 71.4 cm³/mol. The summed E-state index contributed by atoms with van der Waals surface area (Å²) >= 11 is 0. The van der Waals surface area contributed by atoms with Gasteiger partial charge in [-0.1, -0.05) is 18.5 Å². The fourth-order valence-electron chi connectivity index (χ4n) is 2.82. The summed E-state index contributed by atoms with van der Waals surface area (Å²) in [6, 6.07) is 1.60. The molecule has 0 bridgehead atoms. The molecule has 20 heavy (non-hydrogen) atoms. The van der Waals surface area contributed by atoms with Gasteiger partial charge in [-0.05, 0) is 26.2 Å². The van der Waals surface area contributed by atoms with E-state index in [4.69, 9.17) is 4.52 Å². The van der Waals surface area contributed by atoms with Gasteiger partial charge in [0.25, 0.3) is 5.91 Å². The maximum absolute atomic E-state index is 12.2. The highest BCUT2D eigenvalue weighted by Gasteiger charge is 2.41. The third-order valence-electron chi connectivity index (χ3n) is 4.04. The summed E-state index contributed by atoms with van der Waals surface area (Å²) in [5.41, 5.74) is -0.383. The third kappa shape index (κ3) is 2.69. The first-order chi connectivity index (χ1) is 9.48. The number of carbonyl (C=O) groups excluding carboxylic acids is 1. The van der Waals surface area contributed by atoms with Crippen LogP contribution in [0.25, 0.3) is 0 Å². The van der Waals surface area contributed by atoms with Crippen LogP contribution in [0.5, 0.6) is 0 Å². The summed E-state index contributed by atoms with van der Waals surface area (Å²) in [6.45, 7) is 4.63. The van der Waals surface area contributed by atoms with Gasteiger partial charge in [0.1, 0.15) is 5.76 Å². The van der Waals surface area contributed by atoms with Gasteiger partial charge in [-0.2, -0.15) is 0 Å². The molecule has 1 fully saturated rings. The molecule has 0 radical (unpaired) electrons. The van der Waals surface area contributed by atoms with Crippen molar-refractivity contribution >= 4 is 11.9 Å². The van der Waals surface area contributed by atoms with Gasteiger partial charge < -0.3 is 14.5 Å². The lowest BCUT2D eigenvalue weighted by Crippen LogP contribution is -2.46. The molecule has 110 valence electrons. The van der Waals surface area contributed by atoms with Gasteiger partial charge in [-0.25, -0.2) is 0 Å². The van der Waals surface area contributed by atoms with E-state index in [2.05, 4.69) is 5.16 Å². The van der Waals surface area contributed by atoms with Gasteiger partial charge >= 0.3 is 5.97 Å². The van der Waals surface area contributed by atoms with Gasteiger partial charge in [-0.3, -0.25) is 9.59 Å². The Morgan fingerprint density at radius 3 is 2.55 bits per heavy atom. The van der Waals surface area contributed by atoms with Crippen LogP contribution in [0.3, 0.4) is 0 Å². The molecule has 0 saturated carbocycles. The van der Waals surface area contributed by atoms with Crippen molar-refractivity contribution in [3.8, 4) is 0 Å². The Kier molecular flexibility index (Phi) is 4.11. The minimum atomic E-state index is -0.747. The van der Waals surface area contributed by atoms with Gasteiger partial charge in [0.15, 0.2) is 5.69 Å². The van der Waals surface area contributed by atoms with Crippen LogP contribution < -0.4 is 0 Å². The van der Waals surface area contributed by atoms with Crippen molar-refractivity contribution in [2.24, 2.45) is 5.41 Å². The second kappa shape index (κ2) is 5.64. The maximum Gasteiger partial charge on any atom is 0.309 e. The van der Waals surface area contributed by atoms with Crippen LogP contribution in [0.4, 0.5) is 0 Å². The van der Waals surface area contributed by atoms with Crippen molar-refractivity contribution in [1.29, 1.82) is 0 Å². The largest absolute Gasteiger partial charge is 0.481 e. The number of nitrogens with zero attached hydrogens (tertiary/aromatic N) is 2. The van der Waals surface area contributed by atoms with E-state index in [9.17, 15) is 14.7 Å². The quantitative estimate of drug-likeness (QED) is 0.913. The van der Waals surface area contributed by atoms with Crippen molar-refractivity contribution in [3.05, 3.63) is 17.5 Å². The summed E-state index contributed by atoms with van der Waals surface area (Å²) < 4.78 is 4.90. The van der Waals surface area contributed by atoms with Crippen molar-refractivity contribution in [2.75, 3.05) is 13.1 Å². The molecule has 1 aliphatic heterocycles. The number of carboxylic acids is 1. The van der Waals surface area contributed by atoms with Crippen LogP contribution in [0.15, 0.2) is 10.6 Å². The number of amides is 1. The molecule has 0 aromatic carbocycles. The van der Waals surface area contributed by atoms with Crippen LogP contribution in [0.2, 0.25) is 0 Å². The first-order valence-electron chi connectivity index (χ1n) is 6.94. The van der Waals surface area contributed by atoms with Crippen LogP contribution in [-0.4, -0.2) is 40.1 Å². The molecule has 2 heterocycles. The van der Waals surface area contributed by atoms with E-state index < -0.39 is 11.4 Å². The zero-order chi connectivity index (χ0) is 14.8. The molecule has 1 aromatic heterocycles. The van der Waals surface area contributed by atoms with E-state index in [1.165, 1.54) is 0 Å². The zero-order valence-corrected chi connectivity index (χ0v) is 11.9. The van der Waals surface area contributed by atoms with Gasteiger partial charge in [0.05, 0.1) is 5.41 Å². The second-order valence-electron chi connectivity index (χ2n) is 5.45. The monoisotopic (exact) mass is 280 g/mol. The summed E-state index contributed by atoms with van der Waals surface area (Å²) in [4.78, 5) is 25.4. The number of piperidine rings is 1. The second-order valence-corrected chi connectivity index (χ2v) is 5.45. The number of hydrogen-bond acceptors (Lipinski definition) is 4. The molecule has 6 nitrogen and oxygen atoms in total. The van der Waals surface area contributed by atoms with E-state index in [-0.39, 0.29) is 5.91 Å². The number of aryl methyl sites for hydroxylation is 1. The molecule has 1 saturated heterocycles. The Hall–Kier alpha value is -1.85. The molecule has 0 aliphatic carbocycles. The Balaban J connectivity index is 2.03. The third-order valence-corrected chi connectivity index (χ3v) is 4.04. The molecule has 2 rings (SSSR count). The maximum atomic E-state index is 12.2.